The van der Waals surface area contributed by atoms with Gasteiger partial charge in [0.1, 0.15) is 12.1 Å². The molecular formula is C16H19NO4. The van der Waals surface area contributed by atoms with Crippen LogP contribution in [0.1, 0.15) is 26.3 Å². The van der Waals surface area contributed by atoms with Crippen LogP contribution in [0.2, 0.25) is 0 Å². The molecule has 1 heterocycles. The molecule has 0 fully saturated rings. The summed E-state index contributed by atoms with van der Waals surface area (Å²) in [4.78, 5) is 22.9. The van der Waals surface area contributed by atoms with E-state index >= 15 is 0 Å². The van der Waals surface area contributed by atoms with Crippen molar-refractivity contribution in [2.75, 3.05) is 0 Å². The fourth-order valence-electron chi connectivity index (χ4n) is 2.27. The minimum absolute atomic E-state index is 0.0669. The first-order valence-corrected chi connectivity index (χ1v) is 6.76. The highest BCUT2D eigenvalue weighted by Crippen LogP contribution is 2.22. The molecule has 0 aliphatic carbocycles. The highest BCUT2D eigenvalue weighted by molar-refractivity contribution is 5.88. The van der Waals surface area contributed by atoms with Crippen molar-refractivity contribution in [3.8, 4) is 0 Å². The number of benzene rings is 1. The second-order valence-electron chi connectivity index (χ2n) is 5.96. The number of carbonyl (C=O) groups is 2. The third-order valence-electron chi connectivity index (χ3n) is 2.93. The number of nitrogens with zero attached hydrogens (tertiary/aromatic N) is 1. The lowest BCUT2D eigenvalue weighted by Gasteiger charge is -2.19. The molecule has 5 heteroatoms. The zero-order chi connectivity index (χ0) is 15.6. The quantitative estimate of drug-likeness (QED) is 0.878. The fourth-order valence-corrected chi connectivity index (χ4v) is 2.27. The molecule has 0 saturated carbocycles. The van der Waals surface area contributed by atoms with Crippen LogP contribution in [-0.2, 0) is 27.3 Å². The monoisotopic (exact) mass is 289 g/mol. The number of aliphatic carboxylic acids is 1. The summed E-state index contributed by atoms with van der Waals surface area (Å²) in [6.07, 6.45) is 1.64. The lowest BCUT2D eigenvalue weighted by Crippen LogP contribution is -2.26. The molecule has 0 bridgehead atoms. The first-order valence-electron chi connectivity index (χ1n) is 6.76. The number of hydrogen-bond donors (Lipinski definition) is 1. The van der Waals surface area contributed by atoms with E-state index < -0.39 is 11.6 Å². The molecule has 112 valence electrons. The molecule has 21 heavy (non-hydrogen) atoms. The van der Waals surface area contributed by atoms with Crippen molar-refractivity contribution in [1.82, 2.24) is 4.57 Å². The van der Waals surface area contributed by atoms with Crippen molar-refractivity contribution in [3.05, 3.63) is 36.0 Å². The van der Waals surface area contributed by atoms with Gasteiger partial charge in [-0.1, -0.05) is 18.2 Å². The molecule has 1 aromatic carbocycles. The lowest BCUT2D eigenvalue weighted by atomic mass is 10.1. The van der Waals surface area contributed by atoms with Crippen LogP contribution in [-0.4, -0.2) is 27.2 Å². The molecule has 0 unspecified atom stereocenters. The number of hydrogen-bond acceptors (Lipinski definition) is 3. The van der Waals surface area contributed by atoms with Gasteiger partial charge in [0.05, 0.1) is 6.42 Å². The number of rotatable bonds is 4. The number of esters is 1. The minimum atomic E-state index is -0.893. The maximum absolute atomic E-state index is 11.9. The molecular weight excluding hydrogens is 270 g/mol. The second kappa shape index (κ2) is 5.60. The van der Waals surface area contributed by atoms with Crippen molar-refractivity contribution >= 4 is 22.8 Å². The lowest BCUT2D eigenvalue weighted by molar-refractivity contribution is -0.155. The van der Waals surface area contributed by atoms with E-state index in [1.807, 2.05) is 45.0 Å². The Balaban J connectivity index is 2.32. The third kappa shape index (κ3) is 3.84. The van der Waals surface area contributed by atoms with Gasteiger partial charge in [-0.15, -0.1) is 0 Å². The van der Waals surface area contributed by atoms with Crippen molar-refractivity contribution in [2.45, 2.75) is 39.3 Å². The maximum Gasteiger partial charge on any atom is 0.326 e. The average molecular weight is 289 g/mol. The van der Waals surface area contributed by atoms with E-state index in [1.165, 1.54) is 0 Å². The molecule has 1 aromatic heterocycles. The van der Waals surface area contributed by atoms with Crippen molar-refractivity contribution in [2.24, 2.45) is 0 Å². The van der Waals surface area contributed by atoms with Gasteiger partial charge in [-0.25, -0.2) is 0 Å². The molecule has 0 aliphatic rings. The number of aromatic nitrogens is 1. The second-order valence-corrected chi connectivity index (χ2v) is 5.96. The van der Waals surface area contributed by atoms with Gasteiger partial charge in [0, 0.05) is 17.1 Å². The predicted octanol–water partition coefficient (Wildman–Crippen LogP) is 2.61. The molecule has 5 nitrogen and oxygen atoms in total. The Morgan fingerprint density at radius 1 is 1.24 bits per heavy atom. The topological polar surface area (TPSA) is 68.5 Å². The van der Waals surface area contributed by atoms with E-state index in [2.05, 4.69) is 0 Å². The van der Waals surface area contributed by atoms with E-state index in [0.29, 0.717) is 5.56 Å². The summed E-state index contributed by atoms with van der Waals surface area (Å²) in [5.74, 6) is -1.24. The molecule has 0 aliphatic heterocycles. The Hall–Kier alpha value is -2.30. The summed E-state index contributed by atoms with van der Waals surface area (Å²) in [6, 6.07) is 7.44. The number of carboxylic acids is 1. The normalized spacial score (nSPS) is 11.6. The maximum atomic E-state index is 11.9. The SMILES string of the molecule is CC(C)(C)OC(=O)Cn1cc(CC(=O)O)c2ccccc21. The van der Waals surface area contributed by atoms with Gasteiger partial charge in [-0.05, 0) is 32.4 Å². The molecule has 2 rings (SSSR count). The van der Waals surface area contributed by atoms with Crippen LogP contribution in [0.4, 0.5) is 0 Å². The van der Waals surface area contributed by atoms with Gasteiger partial charge in [0.15, 0.2) is 0 Å². The molecule has 2 aromatic rings. The van der Waals surface area contributed by atoms with E-state index in [0.717, 1.165) is 10.9 Å². The molecule has 0 amide bonds. The third-order valence-corrected chi connectivity index (χ3v) is 2.93. The van der Waals surface area contributed by atoms with Crippen LogP contribution < -0.4 is 0 Å². The van der Waals surface area contributed by atoms with Crippen LogP contribution in [0.5, 0.6) is 0 Å². The fraction of sp³-hybridized carbons (Fsp3) is 0.375. The molecule has 0 spiro atoms. The van der Waals surface area contributed by atoms with Gasteiger partial charge in [0.2, 0.25) is 0 Å². The summed E-state index contributed by atoms with van der Waals surface area (Å²) in [6.45, 7) is 5.51. The van der Waals surface area contributed by atoms with Crippen LogP contribution >= 0.6 is 0 Å². The Bertz CT molecular complexity index is 679. The molecule has 0 radical (unpaired) electrons. The Labute approximate surface area is 123 Å². The van der Waals surface area contributed by atoms with Crippen LogP contribution in [0.25, 0.3) is 10.9 Å². The van der Waals surface area contributed by atoms with Gasteiger partial charge in [-0.2, -0.15) is 0 Å². The van der Waals surface area contributed by atoms with Crippen molar-refractivity contribution in [3.63, 3.8) is 0 Å². The highest BCUT2D eigenvalue weighted by atomic mass is 16.6. The van der Waals surface area contributed by atoms with Crippen LogP contribution in [0.3, 0.4) is 0 Å². The van der Waals surface area contributed by atoms with Gasteiger partial charge >= 0.3 is 11.9 Å². The van der Waals surface area contributed by atoms with Crippen LogP contribution in [0.15, 0.2) is 30.5 Å². The average Bonchev–Trinajstić information content (AvgIpc) is 2.65. The standard InChI is InChI=1S/C16H19NO4/c1-16(2,3)21-15(20)10-17-9-11(8-14(18)19)12-6-4-5-7-13(12)17/h4-7,9H,8,10H2,1-3H3,(H,18,19). The van der Waals surface area contributed by atoms with Gasteiger partial charge in [-0.3, -0.25) is 9.59 Å². The summed E-state index contributed by atoms with van der Waals surface area (Å²) in [7, 11) is 0. The number of fused-ring (bicyclic) bond motifs is 1. The van der Waals surface area contributed by atoms with Gasteiger partial charge < -0.3 is 14.4 Å². The Morgan fingerprint density at radius 3 is 2.52 bits per heavy atom. The number of para-hydroxylation sites is 1. The van der Waals surface area contributed by atoms with Crippen molar-refractivity contribution < 1.29 is 19.4 Å². The zero-order valence-electron chi connectivity index (χ0n) is 12.4. The first kappa shape index (κ1) is 15.1. The van der Waals surface area contributed by atoms with E-state index in [4.69, 9.17) is 9.84 Å². The summed E-state index contributed by atoms with van der Waals surface area (Å²) >= 11 is 0. The number of ether oxygens (including phenoxy) is 1. The largest absolute Gasteiger partial charge is 0.481 e. The number of carbonyl (C=O) groups excluding carboxylic acids is 1. The summed E-state index contributed by atoms with van der Waals surface area (Å²) < 4.78 is 7.04. The van der Waals surface area contributed by atoms with Crippen molar-refractivity contribution in [1.29, 1.82) is 0 Å². The van der Waals surface area contributed by atoms with E-state index in [-0.39, 0.29) is 18.9 Å². The minimum Gasteiger partial charge on any atom is -0.481 e. The highest BCUT2D eigenvalue weighted by Gasteiger charge is 2.18. The zero-order valence-corrected chi connectivity index (χ0v) is 12.4. The summed E-state index contributed by atoms with van der Waals surface area (Å²) in [5, 5.41) is 9.82. The molecule has 1 N–H and O–H groups in total. The Morgan fingerprint density at radius 2 is 1.90 bits per heavy atom. The first-order chi connectivity index (χ1) is 9.76. The van der Waals surface area contributed by atoms with Crippen LogP contribution in [0, 0.1) is 0 Å². The van der Waals surface area contributed by atoms with E-state index in [9.17, 15) is 9.59 Å². The Kier molecular flexibility index (Phi) is 4.02. The molecule has 0 saturated heterocycles. The van der Waals surface area contributed by atoms with Gasteiger partial charge in [0.25, 0.3) is 0 Å². The predicted molar refractivity (Wildman–Crippen MR) is 79.1 cm³/mol. The van der Waals surface area contributed by atoms with E-state index in [1.54, 1.807) is 10.8 Å². The number of carboxylic acid groups (broad SMARTS) is 1. The smallest absolute Gasteiger partial charge is 0.326 e. The summed E-state index contributed by atoms with van der Waals surface area (Å²) in [5.41, 5.74) is 0.991. The molecule has 0 atom stereocenters.